The lowest BCUT2D eigenvalue weighted by atomic mass is 10.0. The molecule has 0 aliphatic rings. The number of nitrogens with zero attached hydrogens (tertiary/aromatic N) is 1. The molecule has 5 aromatic rings. The summed E-state index contributed by atoms with van der Waals surface area (Å²) in [5.41, 5.74) is 3.57. The van der Waals surface area contributed by atoms with Crippen LogP contribution in [0.5, 0.6) is 17.4 Å². The Morgan fingerprint density at radius 3 is 2.56 bits per heavy atom. The third kappa shape index (κ3) is 5.08. The number of para-hydroxylation sites is 1. The number of hydrogen-bond donors (Lipinski definition) is 2. The standard InChI is InChI=1S/C30H25FN2O5S/c1-17-15-20(31)11-12-22(17)25-27(26(34)23-9-4-5-10-24(23)33(25)3)38-14-13-37-21-8-6-7-19(16-21)18(2)28-29(35)32-30(36)39-28/h4-12,15-16,35H,2,13-14H2,1,3H3,(H,32,36). The fraction of sp³-hybridized carbons (Fsp3) is 0.133. The van der Waals surface area contributed by atoms with Crippen LogP contribution >= 0.6 is 11.3 Å². The molecule has 198 valence electrons. The maximum atomic E-state index is 13.9. The summed E-state index contributed by atoms with van der Waals surface area (Å²) in [6.45, 7) is 5.99. The first-order valence-electron chi connectivity index (χ1n) is 12.1. The molecule has 9 heteroatoms. The molecule has 2 heterocycles. The van der Waals surface area contributed by atoms with Gasteiger partial charge in [-0.2, -0.15) is 0 Å². The highest BCUT2D eigenvalue weighted by atomic mass is 32.1. The first-order valence-corrected chi connectivity index (χ1v) is 12.9. The number of ether oxygens (including phenoxy) is 2. The molecule has 0 fully saturated rings. The van der Waals surface area contributed by atoms with Gasteiger partial charge in [0, 0.05) is 18.0 Å². The van der Waals surface area contributed by atoms with Gasteiger partial charge in [-0.3, -0.25) is 14.6 Å². The molecule has 5 rings (SSSR count). The smallest absolute Gasteiger partial charge is 0.307 e. The Hall–Kier alpha value is -4.63. The number of aryl methyl sites for hydroxylation is 2. The van der Waals surface area contributed by atoms with E-state index in [4.69, 9.17) is 9.47 Å². The molecular weight excluding hydrogens is 519 g/mol. The van der Waals surface area contributed by atoms with E-state index in [1.54, 1.807) is 49.4 Å². The van der Waals surface area contributed by atoms with E-state index in [9.17, 15) is 19.1 Å². The van der Waals surface area contributed by atoms with Crippen LogP contribution in [0.3, 0.4) is 0 Å². The molecule has 0 saturated heterocycles. The minimum atomic E-state index is -0.372. The van der Waals surface area contributed by atoms with E-state index in [2.05, 4.69) is 11.6 Å². The molecule has 2 N–H and O–H groups in total. The van der Waals surface area contributed by atoms with E-state index in [1.807, 2.05) is 23.7 Å². The topological polar surface area (TPSA) is 93.5 Å². The highest BCUT2D eigenvalue weighted by Crippen LogP contribution is 2.33. The summed E-state index contributed by atoms with van der Waals surface area (Å²) < 4.78 is 27.7. The number of aromatic amines is 1. The maximum absolute atomic E-state index is 13.9. The number of H-pyrrole nitrogens is 1. The van der Waals surface area contributed by atoms with E-state index in [-0.39, 0.29) is 41.0 Å². The fourth-order valence-electron chi connectivity index (χ4n) is 4.52. The number of benzene rings is 3. The van der Waals surface area contributed by atoms with Gasteiger partial charge >= 0.3 is 4.87 Å². The molecular formula is C30H25FN2O5S. The molecule has 0 spiro atoms. The number of pyridine rings is 1. The maximum Gasteiger partial charge on any atom is 0.307 e. The van der Waals surface area contributed by atoms with Gasteiger partial charge in [0.15, 0.2) is 5.75 Å². The van der Waals surface area contributed by atoms with Crippen LogP contribution in [0.25, 0.3) is 27.7 Å². The minimum Gasteiger partial charge on any atom is -0.493 e. The van der Waals surface area contributed by atoms with Crippen molar-refractivity contribution in [2.45, 2.75) is 6.92 Å². The molecule has 39 heavy (non-hydrogen) atoms. The number of aromatic nitrogens is 2. The minimum absolute atomic E-state index is 0.0756. The second kappa shape index (κ2) is 10.6. The summed E-state index contributed by atoms with van der Waals surface area (Å²) in [5.74, 6) is 0.109. The van der Waals surface area contributed by atoms with Crippen molar-refractivity contribution >= 4 is 27.8 Å². The van der Waals surface area contributed by atoms with E-state index in [1.165, 1.54) is 12.1 Å². The Kier molecular flexibility index (Phi) is 7.08. The molecule has 7 nitrogen and oxygen atoms in total. The Bertz CT molecular complexity index is 1840. The molecule has 0 bridgehead atoms. The number of halogens is 1. The molecule has 0 atom stereocenters. The molecule has 0 amide bonds. The summed E-state index contributed by atoms with van der Waals surface area (Å²) in [4.78, 5) is 27.4. The van der Waals surface area contributed by atoms with Crippen LogP contribution in [-0.2, 0) is 7.05 Å². The first kappa shape index (κ1) is 26.0. The van der Waals surface area contributed by atoms with E-state index in [0.29, 0.717) is 44.0 Å². The van der Waals surface area contributed by atoms with Crippen molar-refractivity contribution in [2.75, 3.05) is 13.2 Å². The van der Waals surface area contributed by atoms with Crippen molar-refractivity contribution in [2.24, 2.45) is 7.05 Å². The van der Waals surface area contributed by atoms with Crippen LogP contribution in [-0.4, -0.2) is 27.9 Å². The third-order valence-corrected chi connectivity index (χ3v) is 7.33. The summed E-state index contributed by atoms with van der Waals surface area (Å²) in [6.07, 6.45) is 0. The molecule has 0 aliphatic heterocycles. The average Bonchev–Trinajstić information content (AvgIpc) is 3.27. The average molecular weight is 545 g/mol. The summed E-state index contributed by atoms with van der Waals surface area (Å²) >= 11 is 0.873. The van der Waals surface area contributed by atoms with Crippen LogP contribution in [0.15, 0.2) is 82.9 Å². The quantitative estimate of drug-likeness (QED) is 0.247. The third-order valence-electron chi connectivity index (χ3n) is 6.40. The van der Waals surface area contributed by atoms with Gasteiger partial charge < -0.3 is 19.1 Å². The molecule has 0 aliphatic carbocycles. The zero-order valence-electron chi connectivity index (χ0n) is 21.3. The van der Waals surface area contributed by atoms with Gasteiger partial charge in [0.1, 0.15) is 24.8 Å². The van der Waals surface area contributed by atoms with Gasteiger partial charge in [-0.25, -0.2) is 4.39 Å². The van der Waals surface area contributed by atoms with Crippen molar-refractivity contribution in [1.29, 1.82) is 0 Å². The second-order valence-corrected chi connectivity index (χ2v) is 9.92. The number of thiazole rings is 1. The number of aromatic hydroxyl groups is 1. The SMILES string of the molecule is C=C(c1cccc(OCCOc2c(-c3ccc(F)cc3C)n(C)c3ccccc3c2=O)c1)c1sc(=O)[nH]c1O. The second-order valence-electron chi connectivity index (χ2n) is 8.94. The number of fused-ring (bicyclic) bond motifs is 1. The lowest BCUT2D eigenvalue weighted by Gasteiger charge is -2.19. The van der Waals surface area contributed by atoms with Crippen molar-refractivity contribution < 1.29 is 19.0 Å². The number of hydrogen-bond acceptors (Lipinski definition) is 6. The van der Waals surface area contributed by atoms with E-state index in [0.717, 1.165) is 16.9 Å². The van der Waals surface area contributed by atoms with Gasteiger partial charge in [0.25, 0.3) is 0 Å². The summed E-state index contributed by atoms with van der Waals surface area (Å²) in [6, 6.07) is 18.8. The van der Waals surface area contributed by atoms with Gasteiger partial charge in [-0.05, 0) is 66.1 Å². The van der Waals surface area contributed by atoms with E-state index < -0.39 is 0 Å². The molecule has 0 unspecified atom stereocenters. The van der Waals surface area contributed by atoms with Crippen LogP contribution in [0, 0.1) is 12.7 Å². The normalized spacial score (nSPS) is 11.1. The van der Waals surface area contributed by atoms with Crippen LogP contribution in [0.4, 0.5) is 4.39 Å². The predicted molar refractivity (Wildman–Crippen MR) is 151 cm³/mol. The zero-order valence-corrected chi connectivity index (χ0v) is 22.1. The molecule has 0 saturated carbocycles. The van der Waals surface area contributed by atoms with Gasteiger partial charge in [-0.1, -0.05) is 42.2 Å². The predicted octanol–water partition coefficient (Wildman–Crippen LogP) is 5.63. The van der Waals surface area contributed by atoms with Crippen molar-refractivity contribution in [1.82, 2.24) is 9.55 Å². The van der Waals surface area contributed by atoms with Gasteiger partial charge in [0.05, 0.1) is 16.1 Å². The molecule has 2 aromatic heterocycles. The molecule has 3 aromatic carbocycles. The highest BCUT2D eigenvalue weighted by Gasteiger charge is 2.20. The van der Waals surface area contributed by atoms with Gasteiger partial charge in [-0.15, -0.1) is 0 Å². The Morgan fingerprint density at radius 1 is 1.05 bits per heavy atom. The first-order chi connectivity index (χ1) is 18.7. The number of nitrogens with one attached hydrogen (secondary N) is 1. The summed E-state index contributed by atoms with van der Waals surface area (Å²) in [7, 11) is 1.85. The molecule has 0 radical (unpaired) electrons. The Morgan fingerprint density at radius 2 is 1.82 bits per heavy atom. The van der Waals surface area contributed by atoms with Crippen molar-refractivity contribution in [3.8, 4) is 28.6 Å². The lowest BCUT2D eigenvalue weighted by Crippen LogP contribution is -2.19. The summed E-state index contributed by atoms with van der Waals surface area (Å²) in [5, 5.41) is 10.5. The Balaban J connectivity index is 1.39. The van der Waals surface area contributed by atoms with Crippen LogP contribution < -0.4 is 19.8 Å². The fourth-order valence-corrected chi connectivity index (χ4v) is 5.24. The van der Waals surface area contributed by atoms with E-state index >= 15 is 0 Å². The highest BCUT2D eigenvalue weighted by molar-refractivity contribution is 7.10. The van der Waals surface area contributed by atoms with Crippen molar-refractivity contribution in [3.05, 3.63) is 115 Å². The Labute approximate surface area is 227 Å². The largest absolute Gasteiger partial charge is 0.493 e. The van der Waals surface area contributed by atoms with Crippen molar-refractivity contribution in [3.63, 3.8) is 0 Å². The van der Waals surface area contributed by atoms with Gasteiger partial charge in [0.2, 0.25) is 11.3 Å². The van der Waals surface area contributed by atoms with Crippen LogP contribution in [0.2, 0.25) is 0 Å². The zero-order chi connectivity index (χ0) is 27.7. The monoisotopic (exact) mass is 544 g/mol. The van der Waals surface area contributed by atoms with Crippen LogP contribution in [0.1, 0.15) is 16.0 Å². The number of rotatable bonds is 8. The lowest BCUT2D eigenvalue weighted by molar-refractivity contribution is 0.216.